The number of carbonyl (C=O) groups excluding carboxylic acids is 1. The van der Waals surface area contributed by atoms with Gasteiger partial charge in [-0.25, -0.2) is 14.8 Å². The van der Waals surface area contributed by atoms with Crippen molar-refractivity contribution in [2.45, 2.75) is 26.2 Å². The maximum atomic E-state index is 14.0. The van der Waals surface area contributed by atoms with Crippen LogP contribution in [0.25, 0.3) is 23.1 Å². The van der Waals surface area contributed by atoms with E-state index in [4.69, 9.17) is 24.2 Å². The second-order valence-electron chi connectivity index (χ2n) is 10.4. The van der Waals surface area contributed by atoms with E-state index in [-0.39, 0.29) is 31.3 Å². The molecule has 3 aromatic carbocycles. The number of aromatic nitrogens is 3. The molecule has 0 bridgehead atoms. The van der Waals surface area contributed by atoms with Crippen molar-refractivity contribution in [1.82, 2.24) is 14.4 Å². The highest BCUT2D eigenvalue weighted by Crippen LogP contribution is 2.42. The zero-order valence-corrected chi connectivity index (χ0v) is 23.9. The Kier molecular flexibility index (Phi) is 7.58. The van der Waals surface area contributed by atoms with E-state index in [1.807, 2.05) is 132 Å². The first-order valence-electron chi connectivity index (χ1n) is 14.5. The molecule has 0 saturated carbocycles. The number of ether oxygens (including phenoxy) is 3. The highest BCUT2D eigenvalue weighted by Gasteiger charge is 2.31. The second kappa shape index (κ2) is 12.3. The number of imidazole rings is 1. The summed E-state index contributed by atoms with van der Waals surface area (Å²) in [6.45, 7) is 0.555. The lowest BCUT2D eigenvalue weighted by Gasteiger charge is -2.20. The van der Waals surface area contributed by atoms with Crippen LogP contribution in [0.15, 0.2) is 121 Å². The number of allylic oxidation sites excluding steroid dienone is 1. The van der Waals surface area contributed by atoms with Gasteiger partial charge in [0.2, 0.25) is 5.88 Å². The number of esters is 1. The Bertz CT molecular complexity index is 1950. The Morgan fingerprint density at radius 2 is 1.30 bits per heavy atom. The smallest absolute Gasteiger partial charge is 0.347 e. The third-order valence-corrected chi connectivity index (χ3v) is 7.46. The van der Waals surface area contributed by atoms with Crippen LogP contribution in [0.5, 0.6) is 11.6 Å². The molecular weight excluding hydrogens is 550 g/mol. The van der Waals surface area contributed by atoms with Crippen molar-refractivity contribution >= 4 is 17.7 Å². The van der Waals surface area contributed by atoms with Gasteiger partial charge in [-0.15, -0.1) is 0 Å². The summed E-state index contributed by atoms with van der Waals surface area (Å²) in [5, 5.41) is 0. The molecule has 7 rings (SSSR count). The van der Waals surface area contributed by atoms with Crippen LogP contribution < -0.4 is 9.47 Å². The minimum Gasteiger partial charge on any atom is -0.487 e. The van der Waals surface area contributed by atoms with E-state index >= 15 is 0 Å². The van der Waals surface area contributed by atoms with Crippen LogP contribution >= 0.6 is 0 Å². The zero-order chi connectivity index (χ0) is 29.7. The van der Waals surface area contributed by atoms with Crippen LogP contribution in [-0.2, 0) is 31.0 Å². The summed E-state index contributed by atoms with van der Waals surface area (Å²) in [6.07, 6.45) is 6.55. The number of fused-ring (bicyclic) bond motifs is 5. The standard InChI is InChI=1S/C37H29N3O4/c41-37(44-25-28-17-8-3-9-18-28)32-35(42-23-26-13-4-1-5-14-26)29-19-12-20-30-34(38-31-21-10-11-22-40(30)31)33(29)39-36(32)43-24-27-15-6-2-7-16-27/h1-18,20-22H,19,23-25H2. The molecule has 0 unspecified atom stereocenters. The number of pyridine rings is 2. The van der Waals surface area contributed by atoms with Crippen molar-refractivity contribution in [3.05, 3.63) is 155 Å². The van der Waals surface area contributed by atoms with Crippen LogP contribution in [0.1, 0.15) is 38.3 Å². The van der Waals surface area contributed by atoms with E-state index in [0.29, 0.717) is 23.6 Å². The summed E-state index contributed by atoms with van der Waals surface area (Å²) in [6, 6.07) is 35.1. The highest BCUT2D eigenvalue weighted by molar-refractivity contribution is 5.97. The molecule has 0 amide bonds. The fourth-order valence-electron chi connectivity index (χ4n) is 5.30. The molecule has 7 nitrogen and oxygen atoms in total. The molecule has 0 N–H and O–H groups in total. The Balaban J connectivity index is 1.38. The van der Waals surface area contributed by atoms with Crippen molar-refractivity contribution in [1.29, 1.82) is 0 Å². The van der Waals surface area contributed by atoms with Gasteiger partial charge in [-0.2, -0.15) is 0 Å². The Labute approximate surface area is 255 Å². The lowest BCUT2D eigenvalue weighted by Crippen LogP contribution is -2.15. The largest absolute Gasteiger partial charge is 0.487 e. The molecule has 0 aliphatic heterocycles. The molecule has 0 fully saturated rings. The van der Waals surface area contributed by atoms with Gasteiger partial charge in [-0.05, 0) is 41.3 Å². The lowest BCUT2D eigenvalue weighted by molar-refractivity contribution is 0.0460. The van der Waals surface area contributed by atoms with Gasteiger partial charge in [0.1, 0.15) is 42.6 Å². The third kappa shape index (κ3) is 5.55. The number of carbonyl (C=O) groups is 1. The van der Waals surface area contributed by atoms with Gasteiger partial charge >= 0.3 is 5.97 Å². The Morgan fingerprint density at radius 1 is 0.682 bits per heavy atom. The monoisotopic (exact) mass is 579 g/mol. The maximum Gasteiger partial charge on any atom is 0.347 e. The van der Waals surface area contributed by atoms with E-state index < -0.39 is 5.97 Å². The van der Waals surface area contributed by atoms with Gasteiger partial charge in [0.25, 0.3) is 0 Å². The van der Waals surface area contributed by atoms with Gasteiger partial charge in [-0.3, -0.25) is 4.40 Å². The van der Waals surface area contributed by atoms with Crippen LogP contribution in [0.3, 0.4) is 0 Å². The molecular formula is C37H29N3O4. The molecule has 6 aromatic rings. The average molecular weight is 580 g/mol. The number of rotatable bonds is 9. The van der Waals surface area contributed by atoms with E-state index in [1.54, 1.807) is 0 Å². The summed E-state index contributed by atoms with van der Waals surface area (Å²) >= 11 is 0. The van der Waals surface area contributed by atoms with Gasteiger partial charge in [-0.1, -0.05) is 103 Å². The third-order valence-electron chi connectivity index (χ3n) is 7.46. The van der Waals surface area contributed by atoms with Gasteiger partial charge in [0.05, 0.1) is 5.69 Å². The maximum absolute atomic E-state index is 14.0. The van der Waals surface area contributed by atoms with E-state index in [0.717, 1.165) is 33.6 Å². The number of hydrogen-bond acceptors (Lipinski definition) is 6. The van der Waals surface area contributed by atoms with Crippen molar-refractivity contribution < 1.29 is 19.0 Å². The first-order chi connectivity index (χ1) is 21.7. The lowest BCUT2D eigenvalue weighted by atomic mass is 10.0. The van der Waals surface area contributed by atoms with Gasteiger partial charge < -0.3 is 14.2 Å². The molecule has 0 spiro atoms. The van der Waals surface area contributed by atoms with Crippen LogP contribution in [-0.4, -0.2) is 20.3 Å². The van der Waals surface area contributed by atoms with Crippen LogP contribution in [0.2, 0.25) is 0 Å². The summed E-state index contributed by atoms with van der Waals surface area (Å²) in [7, 11) is 0. The topological polar surface area (TPSA) is 75.0 Å². The van der Waals surface area contributed by atoms with E-state index in [2.05, 4.69) is 0 Å². The van der Waals surface area contributed by atoms with Gasteiger partial charge in [0.15, 0.2) is 5.56 Å². The van der Waals surface area contributed by atoms with Crippen molar-refractivity contribution in [3.8, 4) is 23.0 Å². The summed E-state index contributed by atoms with van der Waals surface area (Å²) in [5.41, 5.74) is 6.68. The predicted molar refractivity (Wildman–Crippen MR) is 168 cm³/mol. The first-order valence-corrected chi connectivity index (χ1v) is 14.5. The molecule has 0 radical (unpaired) electrons. The molecule has 0 atom stereocenters. The van der Waals surface area contributed by atoms with Gasteiger partial charge in [0, 0.05) is 11.8 Å². The zero-order valence-electron chi connectivity index (χ0n) is 23.9. The molecule has 3 heterocycles. The molecule has 3 aromatic heterocycles. The first kappa shape index (κ1) is 27.2. The minimum absolute atomic E-state index is 0.101. The van der Waals surface area contributed by atoms with Crippen molar-refractivity contribution in [3.63, 3.8) is 0 Å². The summed E-state index contributed by atoms with van der Waals surface area (Å²) in [4.78, 5) is 23.9. The fourth-order valence-corrected chi connectivity index (χ4v) is 5.30. The molecule has 7 heteroatoms. The number of benzene rings is 3. The molecule has 0 saturated heterocycles. The average Bonchev–Trinajstić information content (AvgIpc) is 3.35. The normalized spacial score (nSPS) is 11.8. The van der Waals surface area contributed by atoms with Crippen LogP contribution in [0, 0.1) is 0 Å². The van der Waals surface area contributed by atoms with E-state index in [9.17, 15) is 4.79 Å². The minimum atomic E-state index is -0.571. The molecule has 1 aliphatic carbocycles. The summed E-state index contributed by atoms with van der Waals surface area (Å²) < 4.78 is 20.8. The Hall–Kier alpha value is -5.69. The van der Waals surface area contributed by atoms with Crippen molar-refractivity contribution in [2.75, 3.05) is 0 Å². The predicted octanol–water partition coefficient (Wildman–Crippen LogP) is 7.48. The van der Waals surface area contributed by atoms with Crippen LogP contribution in [0.4, 0.5) is 0 Å². The number of nitrogens with zero attached hydrogens (tertiary/aromatic N) is 3. The molecule has 1 aliphatic rings. The van der Waals surface area contributed by atoms with E-state index in [1.165, 1.54) is 0 Å². The quantitative estimate of drug-likeness (QED) is 0.165. The second-order valence-corrected chi connectivity index (χ2v) is 10.4. The Morgan fingerprint density at radius 3 is 1.98 bits per heavy atom. The fraction of sp³-hybridized carbons (Fsp3) is 0.108. The number of hydrogen-bond donors (Lipinski definition) is 0. The summed E-state index contributed by atoms with van der Waals surface area (Å²) in [5.74, 6) is -0.0492. The van der Waals surface area contributed by atoms with Crippen molar-refractivity contribution in [2.24, 2.45) is 0 Å². The molecule has 44 heavy (non-hydrogen) atoms. The SMILES string of the molecule is O=C(OCc1ccccc1)c1c(OCc2ccccc2)nc2c(c1OCc1ccccc1)CC=Cc1c-2nc2ccccn12. The molecule has 216 valence electrons. The highest BCUT2D eigenvalue weighted by atomic mass is 16.5.